The van der Waals surface area contributed by atoms with Crippen LogP contribution < -0.4 is 4.74 Å². The Bertz CT molecular complexity index is 1090. The van der Waals surface area contributed by atoms with Crippen LogP contribution in [0.15, 0.2) is 66.8 Å². The highest BCUT2D eigenvalue weighted by atomic mass is 19.1. The monoisotopic (exact) mass is 480 g/mol. The maximum absolute atomic E-state index is 13.6. The predicted molar refractivity (Wildman–Crippen MR) is 129 cm³/mol. The first-order valence-electron chi connectivity index (χ1n) is 11.7. The lowest BCUT2D eigenvalue weighted by Crippen LogP contribution is -2.38. The Hall–Kier alpha value is -3.49. The number of ether oxygens (including phenoxy) is 2. The Kier molecular flexibility index (Phi) is 7.94. The summed E-state index contributed by atoms with van der Waals surface area (Å²) in [7, 11) is 0. The summed E-state index contributed by atoms with van der Waals surface area (Å²) in [5.74, 6) is -1.54. The molecule has 2 fully saturated rings. The number of hydrogen-bond donors (Lipinski definition) is 1. The number of amides is 1. The van der Waals surface area contributed by atoms with Crippen LogP contribution in [-0.4, -0.2) is 72.6 Å². The van der Waals surface area contributed by atoms with E-state index in [1.807, 2.05) is 0 Å². The minimum absolute atomic E-state index is 0.00672. The number of ketones is 1. The van der Waals surface area contributed by atoms with Crippen molar-refractivity contribution in [2.45, 2.75) is 12.5 Å². The lowest BCUT2D eigenvalue weighted by Gasteiger charge is -2.29. The fourth-order valence-corrected chi connectivity index (χ4v) is 4.41. The summed E-state index contributed by atoms with van der Waals surface area (Å²) < 4.78 is 24.5. The van der Waals surface area contributed by atoms with Gasteiger partial charge in [0.1, 0.15) is 23.9 Å². The van der Waals surface area contributed by atoms with Gasteiger partial charge in [0.05, 0.1) is 24.8 Å². The molecule has 2 aromatic rings. The number of aliphatic hydroxyl groups is 1. The van der Waals surface area contributed by atoms with Crippen LogP contribution in [0.1, 0.15) is 23.6 Å². The lowest BCUT2D eigenvalue weighted by molar-refractivity contribution is -0.140. The maximum Gasteiger partial charge on any atom is 0.295 e. The zero-order chi connectivity index (χ0) is 24.8. The molecule has 0 radical (unpaired) electrons. The highest BCUT2D eigenvalue weighted by Crippen LogP contribution is 2.39. The Balaban J connectivity index is 1.63. The Morgan fingerprint density at radius 3 is 2.43 bits per heavy atom. The summed E-state index contributed by atoms with van der Waals surface area (Å²) in [6.07, 6.45) is 2.28. The molecule has 2 aromatic carbocycles. The fraction of sp³-hybridized carbons (Fsp3) is 0.333. The van der Waals surface area contributed by atoms with E-state index in [2.05, 4.69) is 11.5 Å². The highest BCUT2D eigenvalue weighted by molar-refractivity contribution is 6.46. The smallest absolute Gasteiger partial charge is 0.295 e. The van der Waals surface area contributed by atoms with Gasteiger partial charge in [0.25, 0.3) is 11.7 Å². The second kappa shape index (κ2) is 11.3. The zero-order valence-electron chi connectivity index (χ0n) is 19.5. The molecule has 2 aliphatic heterocycles. The summed E-state index contributed by atoms with van der Waals surface area (Å²) >= 11 is 0. The van der Waals surface area contributed by atoms with E-state index in [1.54, 1.807) is 42.5 Å². The number of halogens is 1. The number of carbonyl (C=O) groups is 2. The van der Waals surface area contributed by atoms with Crippen molar-refractivity contribution in [1.82, 2.24) is 9.80 Å². The summed E-state index contributed by atoms with van der Waals surface area (Å²) in [5.41, 5.74) is 0.937. The van der Waals surface area contributed by atoms with E-state index in [0.29, 0.717) is 49.7 Å². The van der Waals surface area contributed by atoms with Crippen LogP contribution >= 0.6 is 0 Å². The summed E-state index contributed by atoms with van der Waals surface area (Å²) in [6.45, 7) is 8.04. The molecule has 2 heterocycles. The van der Waals surface area contributed by atoms with E-state index in [9.17, 15) is 19.1 Å². The van der Waals surface area contributed by atoms with E-state index in [-0.39, 0.29) is 11.3 Å². The van der Waals surface area contributed by atoms with Crippen molar-refractivity contribution in [3.8, 4) is 5.75 Å². The van der Waals surface area contributed by atoms with Crippen LogP contribution in [0.4, 0.5) is 4.39 Å². The molecule has 2 saturated heterocycles. The van der Waals surface area contributed by atoms with E-state index in [1.165, 1.54) is 17.0 Å². The zero-order valence-corrected chi connectivity index (χ0v) is 19.5. The fourth-order valence-electron chi connectivity index (χ4n) is 4.41. The van der Waals surface area contributed by atoms with Gasteiger partial charge in [0.2, 0.25) is 0 Å². The van der Waals surface area contributed by atoms with Crippen LogP contribution in [0.25, 0.3) is 5.76 Å². The van der Waals surface area contributed by atoms with Crippen molar-refractivity contribution < 1.29 is 28.6 Å². The van der Waals surface area contributed by atoms with E-state index < -0.39 is 23.5 Å². The van der Waals surface area contributed by atoms with Crippen molar-refractivity contribution in [3.05, 3.63) is 83.7 Å². The van der Waals surface area contributed by atoms with Gasteiger partial charge in [0.15, 0.2) is 0 Å². The first-order chi connectivity index (χ1) is 17.0. The average molecular weight is 481 g/mol. The maximum atomic E-state index is 13.6. The average Bonchev–Trinajstić information content (AvgIpc) is 3.13. The number of carbonyl (C=O) groups excluding carboxylic acids is 2. The van der Waals surface area contributed by atoms with Crippen LogP contribution in [0.2, 0.25) is 0 Å². The van der Waals surface area contributed by atoms with Crippen molar-refractivity contribution in [2.75, 3.05) is 46.0 Å². The summed E-state index contributed by atoms with van der Waals surface area (Å²) in [4.78, 5) is 29.9. The summed E-state index contributed by atoms with van der Waals surface area (Å²) in [6, 6.07) is 11.4. The first kappa shape index (κ1) is 24.6. The molecule has 1 amide bonds. The molecular formula is C27H29FN2O5. The quantitative estimate of drug-likeness (QED) is 0.256. The largest absolute Gasteiger partial charge is 0.507 e. The second-order valence-electron chi connectivity index (χ2n) is 8.48. The standard InChI is InChI=1S/C27H29FN2O5/c1-2-16-35-22-10-6-20(7-11-22)25(31)23-24(19-4-8-21(28)9-5-19)30(27(33)26(23)32)13-3-12-29-14-17-34-18-15-29/h2,4-11,24,31H,1,3,12-18H2/b25-23+/t24-/m1/s1. The van der Waals surface area contributed by atoms with Gasteiger partial charge in [0, 0.05) is 31.7 Å². The van der Waals surface area contributed by atoms with Gasteiger partial charge in [-0.25, -0.2) is 4.39 Å². The van der Waals surface area contributed by atoms with Gasteiger partial charge in [-0.3, -0.25) is 14.5 Å². The van der Waals surface area contributed by atoms with E-state index in [4.69, 9.17) is 9.47 Å². The molecule has 8 heteroatoms. The molecule has 184 valence electrons. The number of Topliss-reactive ketones (excluding diaryl/α,β-unsaturated/α-hetero) is 1. The van der Waals surface area contributed by atoms with Gasteiger partial charge in [-0.15, -0.1) is 0 Å². The third-order valence-electron chi connectivity index (χ3n) is 6.20. The number of nitrogens with zero attached hydrogens (tertiary/aromatic N) is 2. The Morgan fingerprint density at radius 2 is 1.77 bits per heavy atom. The van der Waals surface area contributed by atoms with Crippen molar-refractivity contribution >= 4 is 17.4 Å². The number of rotatable bonds is 9. The van der Waals surface area contributed by atoms with E-state index >= 15 is 0 Å². The van der Waals surface area contributed by atoms with Crippen LogP contribution in [0.3, 0.4) is 0 Å². The topological polar surface area (TPSA) is 79.3 Å². The molecule has 1 N–H and O–H groups in total. The minimum Gasteiger partial charge on any atom is -0.507 e. The molecule has 0 aliphatic carbocycles. The third kappa shape index (κ3) is 5.61. The molecule has 0 aromatic heterocycles. The molecule has 0 bridgehead atoms. The van der Waals surface area contributed by atoms with Crippen LogP contribution in [0.5, 0.6) is 5.75 Å². The first-order valence-corrected chi connectivity index (χ1v) is 11.7. The molecule has 1 atom stereocenters. The van der Waals surface area contributed by atoms with Crippen LogP contribution in [-0.2, 0) is 14.3 Å². The third-order valence-corrected chi connectivity index (χ3v) is 6.20. The number of morpholine rings is 1. The molecule has 7 nitrogen and oxygen atoms in total. The van der Waals surface area contributed by atoms with E-state index in [0.717, 1.165) is 19.6 Å². The molecule has 35 heavy (non-hydrogen) atoms. The van der Waals surface area contributed by atoms with Gasteiger partial charge < -0.3 is 19.5 Å². The minimum atomic E-state index is -0.808. The lowest BCUT2D eigenvalue weighted by atomic mass is 9.95. The molecule has 0 saturated carbocycles. The van der Waals surface area contributed by atoms with Crippen molar-refractivity contribution in [2.24, 2.45) is 0 Å². The van der Waals surface area contributed by atoms with Crippen molar-refractivity contribution in [3.63, 3.8) is 0 Å². The number of hydrogen-bond acceptors (Lipinski definition) is 6. The predicted octanol–water partition coefficient (Wildman–Crippen LogP) is 3.53. The second-order valence-corrected chi connectivity index (χ2v) is 8.48. The molecular weight excluding hydrogens is 451 g/mol. The number of aliphatic hydroxyl groups excluding tert-OH is 1. The number of benzene rings is 2. The molecule has 0 spiro atoms. The molecule has 4 rings (SSSR count). The normalized spacial score (nSPS) is 20.3. The van der Waals surface area contributed by atoms with Crippen molar-refractivity contribution in [1.29, 1.82) is 0 Å². The van der Waals surface area contributed by atoms with Gasteiger partial charge in [-0.2, -0.15) is 0 Å². The Morgan fingerprint density at radius 1 is 1.09 bits per heavy atom. The highest BCUT2D eigenvalue weighted by Gasteiger charge is 2.45. The Labute approximate surface area is 204 Å². The number of likely N-dealkylation sites (tertiary alicyclic amines) is 1. The van der Waals surface area contributed by atoms with Crippen LogP contribution in [0, 0.1) is 5.82 Å². The van der Waals surface area contributed by atoms with Gasteiger partial charge in [-0.1, -0.05) is 24.8 Å². The molecule has 2 aliphatic rings. The van der Waals surface area contributed by atoms with Gasteiger partial charge in [-0.05, 0) is 48.4 Å². The SMILES string of the molecule is C=CCOc1ccc(/C(O)=C2\C(=O)C(=O)N(CCCN3CCOCC3)[C@@H]2c2ccc(F)cc2)cc1. The summed E-state index contributed by atoms with van der Waals surface area (Å²) in [5, 5.41) is 11.1. The molecule has 0 unspecified atom stereocenters. The van der Waals surface area contributed by atoms with Gasteiger partial charge >= 0.3 is 0 Å².